The van der Waals surface area contributed by atoms with Crippen LogP contribution >= 0.6 is 0 Å². The second kappa shape index (κ2) is 6.58. The second-order valence-electron chi connectivity index (χ2n) is 5.90. The molecule has 0 bridgehead atoms. The second-order valence-corrected chi connectivity index (χ2v) is 5.90. The number of aliphatic hydroxyl groups is 2. The van der Waals surface area contributed by atoms with Crippen LogP contribution in [0.3, 0.4) is 0 Å². The van der Waals surface area contributed by atoms with Crippen LogP contribution in [0.5, 0.6) is 0 Å². The van der Waals surface area contributed by atoms with Crippen LogP contribution in [0, 0.1) is 17.3 Å². The molecule has 0 amide bonds. The third kappa shape index (κ3) is 4.40. The lowest BCUT2D eigenvalue weighted by Crippen LogP contribution is -2.40. The van der Waals surface area contributed by atoms with Crippen molar-refractivity contribution in [1.29, 1.82) is 0 Å². The molecular weight excluding hydrogens is 202 g/mol. The van der Waals surface area contributed by atoms with Gasteiger partial charge in [-0.05, 0) is 31.2 Å². The number of nitrogens with one attached hydrogen (secondary N) is 1. The Hall–Kier alpha value is -0.120. The molecule has 0 radical (unpaired) electrons. The van der Waals surface area contributed by atoms with Gasteiger partial charge in [-0.25, -0.2) is 0 Å². The van der Waals surface area contributed by atoms with E-state index in [2.05, 4.69) is 12.2 Å². The first-order valence-corrected chi connectivity index (χ1v) is 6.52. The Morgan fingerprint density at radius 1 is 1.25 bits per heavy atom. The number of hydrogen-bond donors (Lipinski definition) is 3. The molecule has 0 aromatic rings. The molecule has 96 valence electrons. The van der Waals surface area contributed by atoms with Crippen molar-refractivity contribution >= 4 is 0 Å². The molecule has 0 aromatic carbocycles. The molecule has 0 saturated heterocycles. The van der Waals surface area contributed by atoms with Crippen LogP contribution in [-0.2, 0) is 0 Å². The predicted molar refractivity (Wildman–Crippen MR) is 66.3 cm³/mol. The Balaban J connectivity index is 2.19. The average Bonchev–Trinajstić information content (AvgIpc) is 2.29. The Morgan fingerprint density at radius 3 is 2.50 bits per heavy atom. The first kappa shape index (κ1) is 13.9. The van der Waals surface area contributed by atoms with Gasteiger partial charge in [0, 0.05) is 12.0 Å². The van der Waals surface area contributed by atoms with E-state index in [1.54, 1.807) is 0 Å². The van der Waals surface area contributed by atoms with Crippen molar-refractivity contribution in [2.24, 2.45) is 17.3 Å². The first-order chi connectivity index (χ1) is 7.59. The topological polar surface area (TPSA) is 52.5 Å². The minimum absolute atomic E-state index is 0.0393. The summed E-state index contributed by atoms with van der Waals surface area (Å²) in [5, 5.41) is 21.7. The number of rotatable bonds is 6. The maximum atomic E-state index is 9.16. The highest BCUT2D eigenvalue weighted by Gasteiger charge is 2.23. The standard InChI is InChI=1S/C13H27NO2/c1-11-4-3-5-12(6-11)7-14-8-13(2,9-15)10-16/h11-12,14-16H,3-10H2,1-2H3. The molecule has 16 heavy (non-hydrogen) atoms. The lowest BCUT2D eigenvalue weighted by molar-refractivity contribution is 0.0682. The van der Waals surface area contributed by atoms with Crippen molar-refractivity contribution < 1.29 is 10.2 Å². The fourth-order valence-corrected chi connectivity index (χ4v) is 2.48. The van der Waals surface area contributed by atoms with E-state index in [4.69, 9.17) is 10.2 Å². The summed E-state index contributed by atoms with van der Waals surface area (Å²) in [6, 6.07) is 0. The van der Waals surface area contributed by atoms with Crippen LogP contribution < -0.4 is 5.32 Å². The Bertz CT molecular complexity index is 192. The third-order valence-electron chi connectivity index (χ3n) is 3.79. The zero-order valence-corrected chi connectivity index (χ0v) is 10.7. The van der Waals surface area contributed by atoms with Gasteiger partial charge in [0.25, 0.3) is 0 Å². The predicted octanol–water partition coefficient (Wildman–Crippen LogP) is 1.39. The van der Waals surface area contributed by atoms with E-state index in [0.29, 0.717) is 6.54 Å². The van der Waals surface area contributed by atoms with Gasteiger partial charge in [-0.2, -0.15) is 0 Å². The minimum Gasteiger partial charge on any atom is -0.396 e. The maximum absolute atomic E-state index is 9.16. The molecule has 1 aliphatic rings. The summed E-state index contributed by atoms with van der Waals surface area (Å²) in [6.45, 7) is 6.04. The largest absolute Gasteiger partial charge is 0.396 e. The smallest absolute Gasteiger partial charge is 0.0518 e. The van der Waals surface area contributed by atoms with Crippen LogP contribution in [0.1, 0.15) is 39.5 Å². The maximum Gasteiger partial charge on any atom is 0.0518 e. The van der Waals surface area contributed by atoms with Crippen LogP contribution in [0.15, 0.2) is 0 Å². The molecule has 1 saturated carbocycles. The highest BCUT2D eigenvalue weighted by atomic mass is 16.3. The van der Waals surface area contributed by atoms with E-state index in [1.807, 2.05) is 6.92 Å². The van der Waals surface area contributed by atoms with E-state index >= 15 is 0 Å². The Labute approximate surface area is 99.3 Å². The van der Waals surface area contributed by atoms with Crippen LogP contribution in [0.4, 0.5) is 0 Å². The monoisotopic (exact) mass is 229 g/mol. The number of hydrogen-bond acceptors (Lipinski definition) is 3. The molecule has 2 unspecified atom stereocenters. The van der Waals surface area contributed by atoms with E-state index in [-0.39, 0.29) is 18.6 Å². The fraction of sp³-hybridized carbons (Fsp3) is 1.00. The van der Waals surface area contributed by atoms with Crippen molar-refractivity contribution in [3.05, 3.63) is 0 Å². The molecule has 3 heteroatoms. The summed E-state index contributed by atoms with van der Waals surface area (Å²) in [4.78, 5) is 0. The van der Waals surface area contributed by atoms with Crippen molar-refractivity contribution in [3.63, 3.8) is 0 Å². The molecule has 3 nitrogen and oxygen atoms in total. The normalized spacial score (nSPS) is 27.0. The third-order valence-corrected chi connectivity index (χ3v) is 3.79. The summed E-state index contributed by atoms with van der Waals surface area (Å²) in [6.07, 6.45) is 5.38. The van der Waals surface area contributed by atoms with E-state index in [9.17, 15) is 0 Å². The summed E-state index contributed by atoms with van der Waals surface area (Å²) in [5.74, 6) is 1.65. The van der Waals surface area contributed by atoms with Crippen molar-refractivity contribution in [3.8, 4) is 0 Å². The summed E-state index contributed by atoms with van der Waals surface area (Å²) in [5.41, 5.74) is -0.375. The molecule has 3 N–H and O–H groups in total. The molecule has 1 fully saturated rings. The molecule has 0 aromatic heterocycles. The van der Waals surface area contributed by atoms with Gasteiger partial charge in [-0.15, -0.1) is 0 Å². The van der Waals surface area contributed by atoms with E-state index in [0.717, 1.165) is 18.4 Å². The lowest BCUT2D eigenvalue weighted by Gasteiger charge is -2.29. The molecule has 0 heterocycles. The van der Waals surface area contributed by atoms with Gasteiger partial charge in [0.15, 0.2) is 0 Å². The first-order valence-electron chi connectivity index (χ1n) is 6.52. The molecule has 1 aliphatic carbocycles. The molecule has 0 spiro atoms. The van der Waals surface area contributed by atoms with Crippen molar-refractivity contribution in [2.75, 3.05) is 26.3 Å². The lowest BCUT2D eigenvalue weighted by atomic mass is 9.82. The molecular formula is C13H27NO2. The number of aliphatic hydroxyl groups excluding tert-OH is 2. The zero-order chi connectivity index (χ0) is 12.0. The van der Waals surface area contributed by atoms with Gasteiger partial charge in [0.2, 0.25) is 0 Å². The van der Waals surface area contributed by atoms with Gasteiger partial charge in [0.1, 0.15) is 0 Å². The summed E-state index contributed by atoms with van der Waals surface area (Å²) < 4.78 is 0. The van der Waals surface area contributed by atoms with Crippen molar-refractivity contribution in [2.45, 2.75) is 39.5 Å². The van der Waals surface area contributed by atoms with E-state index in [1.165, 1.54) is 25.7 Å². The van der Waals surface area contributed by atoms with Gasteiger partial charge < -0.3 is 15.5 Å². The highest BCUT2D eigenvalue weighted by Crippen LogP contribution is 2.28. The van der Waals surface area contributed by atoms with Gasteiger partial charge in [-0.1, -0.05) is 26.7 Å². The van der Waals surface area contributed by atoms with Crippen molar-refractivity contribution in [1.82, 2.24) is 5.32 Å². The highest BCUT2D eigenvalue weighted by molar-refractivity contribution is 4.77. The zero-order valence-electron chi connectivity index (χ0n) is 10.7. The molecule has 2 atom stereocenters. The Morgan fingerprint density at radius 2 is 1.94 bits per heavy atom. The van der Waals surface area contributed by atoms with Crippen LogP contribution in [0.25, 0.3) is 0 Å². The van der Waals surface area contributed by atoms with Crippen LogP contribution in [-0.4, -0.2) is 36.5 Å². The van der Waals surface area contributed by atoms with Gasteiger partial charge >= 0.3 is 0 Å². The summed E-state index contributed by atoms with van der Waals surface area (Å²) >= 11 is 0. The van der Waals surface area contributed by atoms with Gasteiger partial charge in [0.05, 0.1) is 13.2 Å². The average molecular weight is 229 g/mol. The van der Waals surface area contributed by atoms with E-state index < -0.39 is 0 Å². The van der Waals surface area contributed by atoms with Crippen LogP contribution in [0.2, 0.25) is 0 Å². The molecule has 1 rings (SSSR count). The van der Waals surface area contributed by atoms with Gasteiger partial charge in [-0.3, -0.25) is 0 Å². The quantitative estimate of drug-likeness (QED) is 0.645. The SMILES string of the molecule is CC1CCCC(CNCC(C)(CO)CO)C1. The minimum atomic E-state index is -0.375. The Kier molecular flexibility index (Phi) is 5.73. The molecule has 0 aliphatic heterocycles. The fourth-order valence-electron chi connectivity index (χ4n) is 2.48. The summed E-state index contributed by atoms with van der Waals surface area (Å²) in [7, 11) is 0.